The average Bonchev–Trinajstić information content (AvgIpc) is 2.85. The smallest absolute Gasteiger partial charge is 0.168 e. The summed E-state index contributed by atoms with van der Waals surface area (Å²) < 4.78 is 26.4. The van der Waals surface area contributed by atoms with Crippen molar-refractivity contribution in [3.63, 3.8) is 0 Å². The van der Waals surface area contributed by atoms with Crippen LogP contribution in [0, 0.1) is 5.92 Å². The number of aryl methyl sites for hydroxylation is 1. The molecule has 1 heterocycles. The molecule has 0 bridgehead atoms. The Labute approximate surface area is 131 Å². The van der Waals surface area contributed by atoms with Crippen molar-refractivity contribution in [1.29, 1.82) is 0 Å². The predicted octanol–water partition coefficient (Wildman–Crippen LogP) is 2.08. The van der Waals surface area contributed by atoms with Crippen molar-refractivity contribution in [3.05, 3.63) is 41.2 Å². The van der Waals surface area contributed by atoms with Crippen molar-refractivity contribution in [2.45, 2.75) is 38.2 Å². The lowest BCUT2D eigenvalue weighted by Crippen LogP contribution is -2.16. The number of nitrogens with zero attached hydrogens (tertiary/aromatic N) is 4. The van der Waals surface area contributed by atoms with Crippen molar-refractivity contribution in [3.8, 4) is 0 Å². The third-order valence-electron chi connectivity index (χ3n) is 3.59. The van der Waals surface area contributed by atoms with Crippen LogP contribution in [0.5, 0.6) is 0 Å². The highest BCUT2D eigenvalue weighted by atomic mass is 32.2. The first kappa shape index (κ1) is 16.6. The first-order valence-electron chi connectivity index (χ1n) is 7.31. The lowest BCUT2D eigenvalue weighted by atomic mass is 10.0. The first-order chi connectivity index (χ1) is 10.3. The fourth-order valence-corrected chi connectivity index (χ4v) is 3.77. The Bertz CT molecular complexity index is 720. The van der Waals surface area contributed by atoms with Gasteiger partial charge in [-0.1, -0.05) is 38.1 Å². The molecule has 0 amide bonds. The van der Waals surface area contributed by atoms with Gasteiger partial charge in [-0.2, -0.15) is 0 Å². The van der Waals surface area contributed by atoms with E-state index in [2.05, 4.69) is 29.4 Å². The lowest BCUT2D eigenvalue weighted by molar-refractivity contribution is 0.575. The number of tetrazole rings is 1. The Hall–Kier alpha value is -1.76. The molecule has 0 saturated carbocycles. The minimum Gasteiger partial charge on any atom is -0.231 e. The van der Waals surface area contributed by atoms with Crippen LogP contribution in [-0.4, -0.2) is 28.6 Å². The summed E-state index contributed by atoms with van der Waals surface area (Å²) in [5.74, 6) is 0.928. The molecule has 0 aliphatic rings. The van der Waals surface area contributed by atoms with Crippen LogP contribution in [0.2, 0.25) is 0 Å². The van der Waals surface area contributed by atoms with Crippen molar-refractivity contribution in [2.24, 2.45) is 13.0 Å². The summed E-state index contributed by atoms with van der Waals surface area (Å²) in [6, 6.07) is 7.77. The summed E-state index contributed by atoms with van der Waals surface area (Å²) in [5.41, 5.74) is 2.01. The number of hydrogen-bond acceptors (Lipinski definition) is 5. The zero-order chi connectivity index (χ0) is 16.3. The molecular weight excluding hydrogens is 300 g/mol. The quantitative estimate of drug-likeness (QED) is 0.813. The van der Waals surface area contributed by atoms with E-state index in [1.807, 2.05) is 24.3 Å². The molecule has 2 rings (SSSR count). The molecular formula is C15H22N4O2S. The van der Waals surface area contributed by atoms with E-state index in [0.717, 1.165) is 12.0 Å². The van der Waals surface area contributed by atoms with Crippen LogP contribution in [0.25, 0.3) is 0 Å². The fraction of sp³-hybridized carbons (Fsp3) is 0.533. The zero-order valence-electron chi connectivity index (χ0n) is 13.4. The third-order valence-corrected chi connectivity index (χ3v) is 5.61. The summed E-state index contributed by atoms with van der Waals surface area (Å²) in [4.78, 5) is 0. The molecule has 0 N–H and O–H groups in total. The Morgan fingerprint density at radius 2 is 1.68 bits per heavy atom. The van der Waals surface area contributed by atoms with Crippen LogP contribution < -0.4 is 0 Å². The zero-order valence-corrected chi connectivity index (χ0v) is 14.2. The van der Waals surface area contributed by atoms with E-state index in [4.69, 9.17) is 0 Å². The monoisotopic (exact) mass is 322 g/mol. The topological polar surface area (TPSA) is 77.7 Å². The van der Waals surface area contributed by atoms with Gasteiger partial charge in [-0.25, -0.2) is 13.1 Å². The number of aromatic nitrogens is 4. The summed E-state index contributed by atoms with van der Waals surface area (Å²) in [6.07, 6.45) is 0.994. The molecule has 120 valence electrons. The number of hydrogen-bond donors (Lipinski definition) is 0. The highest BCUT2D eigenvalue weighted by Gasteiger charge is 2.27. The van der Waals surface area contributed by atoms with Gasteiger partial charge in [0.2, 0.25) is 0 Å². The van der Waals surface area contributed by atoms with Gasteiger partial charge in [0.1, 0.15) is 5.25 Å². The second kappa shape index (κ2) is 6.56. The number of rotatable bonds is 6. The molecule has 0 spiro atoms. The standard InChI is InChI=1S/C15H22N4O2S/c1-11(2)9-13-5-7-14(8-6-13)10-22(20,21)12(3)15-16-17-18-19(15)4/h5-8,11-12H,9-10H2,1-4H3/t12-/m0/s1. The Kier molecular flexibility index (Phi) is 4.95. The van der Waals surface area contributed by atoms with E-state index in [-0.39, 0.29) is 5.75 Å². The van der Waals surface area contributed by atoms with Gasteiger partial charge in [-0.15, -0.1) is 5.10 Å². The fourth-order valence-electron chi connectivity index (χ4n) is 2.34. The molecule has 22 heavy (non-hydrogen) atoms. The van der Waals surface area contributed by atoms with E-state index in [1.54, 1.807) is 14.0 Å². The van der Waals surface area contributed by atoms with Gasteiger partial charge in [0, 0.05) is 7.05 Å². The minimum absolute atomic E-state index is 0.0109. The Morgan fingerprint density at radius 1 is 1.09 bits per heavy atom. The van der Waals surface area contributed by atoms with Gasteiger partial charge in [0.25, 0.3) is 0 Å². The van der Waals surface area contributed by atoms with Gasteiger partial charge in [-0.3, -0.25) is 0 Å². The molecule has 1 atom stereocenters. The normalized spacial score (nSPS) is 13.5. The number of benzene rings is 1. The van der Waals surface area contributed by atoms with E-state index in [0.29, 0.717) is 11.7 Å². The van der Waals surface area contributed by atoms with Crippen LogP contribution in [-0.2, 0) is 29.1 Å². The van der Waals surface area contributed by atoms with Crippen molar-refractivity contribution in [2.75, 3.05) is 0 Å². The SMILES string of the molecule is CC(C)Cc1ccc(CS(=O)(=O)[C@@H](C)c2nnnn2C)cc1. The molecule has 1 aromatic heterocycles. The van der Waals surface area contributed by atoms with Crippen LogP contribution in [0.3, 0.4) is 0 Å². The lowest BCUT2D eigenvalue weighted by Gasteiger charge is -2.12. The van der Waals surface area contributed by atoms with E-state index < -0.39 is 15.1 Å². The maximum absolute atomic E-state index is 12.5. The van der Waals surface area contributed by atoms with E-state index >= 15 is 0 Å². The Balaban J connectivity index is 2.13. The number of sulfone groups is 1. The van der Waals surface area contributed by atoms with Crippen molar-refractivity contribution in [1.82, 2.24) is 20.2 Å². The first-order valence-corrected chi connectivity index (χ1v) is 9.03. The minimum atomic E-state index is -3.36. The van der Waals surface area contributed by atoms with Gasteiger partial charge in [0.15, 0.2) is 15.7 Å². The molecule has 0 unspecified atom stereocenters. The highest BCUT2D eigenvalue weighted by molar-refractivity contribution is 7.90. The van der Waals surface area contributed by atoms with Gasteiger partial charge >= 0.3 is 0 Å². The molecule has 1 aromatic carbocycles. The van der Waals surface area contributed by atoms with Crippen LogP contribution in [0.1, 0.15) is 43.0 Å². The molecule has 0 aliphatic carbocycles. The summed E-state index contributed by atoms with van der Waals surface area (Å²) >= 11 is 0. The van der Waals surface area contributed by atoms with Crippen LogP contribution in [0.4, 0.5) is 0 Å². The van der Waals surface area contributed by atoms with Crippen LogP contribution >= 0.6 is 0 Å². The molecule has 0 saturated heterocycles. The van der Waals surface area contributed by atoms with Crippen molar-refractivity contribution < 1.29 is 8.42 Å². The Morgan fingerprint density at radius 3 is 2.18 bits per heavy atom. The molecule has 7 heteroatoms. The molecule has 0 fully saturated rings. The van der Waals surface area contributed by atoms with Gasteiger partial charge in [-0.05, 0) is 40.8 Å². The second-order valence-corrected chi connectivity index (χ2v) is 8.35. The predicted molar refractivity (Wildman–Crippen MR) is 84.8 cm³/mol. The summed E-state index contributed by atoms with van der Waals surface area (Å²) in [7, 11) is -1.72. The third kappa shape index (κ3) is 3.91. The average molecular weight is 322 g/mol. The highest BCUT2D eigenvalue weighted by Crippen LogP contribution is 2.23. The second-order valence-electron chi connectivity index (χ2n) is 6.02. The van der Waals surface area contributed by atoms with Crippen molar-refractivity contribution >= 4 is 9.84 Å². The summed E-state index contributed by atoms with van der Waals surface area (Å²) in [5, 5.41) is 10.2. The molecule has 2 aromatic rings. The van der Waals surface area contributed by atoms with Gasteiger partial charge in [0.05, 0.1) is 5.75 Å². The van der Waals surface area contributed by atoms with E-state index in [9.17, 15) is 8.42 Å². The van der Waals surface area contributed by atoms with Gasteiger partial charge < -0.3 is 0 Å². The molecule has 0 radical (unpaired) electrons. The maximum atomic E-state index is 12.5. The summed E-state index contributed by atoms with van der Waals surface area (Å²) in [6.45, 7) is 5.94. The largest absolute Gasteiger partial charge is 0.231 e. The molecule has 0 aliphatic heterocycles. The van der Waals surface area contributed by atoms with E-state index in [1.165, 1.54) is 10.2 Å². The molecule has 6 nitrogen and oxygen atoms in total. The van der Waals surface area contributed by atoms with Crippen LogP contribution in [0.15, 0.2) is 24.3 Å². The maximum Gasteiger partial charge on any atom is 0.168 e.